The number of nitrogens with one attached hydrogen (secondary N) is 1. The van der Waals surface area contributed by atoms with Crippen molar-refractivity contribution in [3.8, 4) is 0 Å². The third kappa shape index (κ3) is 3.88. The Balaban J connectivity index is 2.67. The Hall–Kier alpha value is -1.58. The van der Waals surface area contributed by atoms with Crippen LogP contribution in [0.2, 0.25) is 0 Å². The fourth-order valence-electron chi connectivity index (χ4n) is 1.45. The summed E-state index contributed by atoms with van der Waals surface area (Å²) in [7, 11) is 1.40. The van der Waals surface area contributed by atoms with Gasteiger partial charge in [0.25, 0.3) is 0 Å². The fourth-order valence-corrected chi connectivity index (χ4v) is 1.45. The van der Waals surface area contributed by atoms with Crippen LogP contribution in [0.25, 0.3) is 0 Å². The van der Waals surface area contributed by atoms with E-state index in [1.165, 1.54) is 7.11 Å². The minimum atomic E-state index is -0.333. The first-order chi connectivity index (χ1) is 7.63. The van der Waals surface area contributed by atoms with Crippen molar-refractivity contribution in [3.05, 3.63) is 24.4 Å². The topological polar surface area (TPSA) is 51.2 Å². The van der Waals surface area contributed by atoms with Gasteiger partial charge in [0, 0.05) is 6.20 Å². The molecule has 0 spiro atoms. The summed E-state index contributed by atoms with van der Waals surface area (Å²) >= 11 is 0. The van der Waals surface area contributed by atoms with Crippen molar-refractivity contribution < 1.29 is 9.53 Å². The van der Waals surface area contributed by atoms with Gasteiger partial charge in [-0.1, -0.05) is 19.9 Å². The quantitative estimate of drug-likeness (QED) is 0.775. The standard InChI is InChI=1S/C12H18N2O2/c1-9(2)8-10(12(15)16-3)14-11-6-4-5-7-13-11/h4-7,9-10H,8H2,1-3H3,(H,13,14). The summed E-state index contributed by atoms with van der Waals surface area (Å²) in [5.74, 6) is 0.859. The molecule has 1 atom stereocenters. The van der Waals surface area contributed by atoms with E-state index in [9.17, 15) is 4.79 Å². The molecule has 0 saturated carbocycles. The highest BCUT2D eigenvalue weighted by Gasteiger charge is 2.20. The van der Waals surface area contributed by atoms with Crippen LogP contribution in [0.1, 0.15) is 20.3 Å². The van der Waals surface area contributed by atoms with E-state index < -0.39 is 0 Å². The SMILES string of the molecule is COC(=O)C(CC(C)C)Nc1ccccn1. The highest BCUT2D eigenvalue weighted by molar-refractivity contribution is 5.78. The molecule has 4 heteroatoms. The third-order valence-electron chi connectivity index (χ3n) is 2.18. The number of aromatic nitrogens is 1. The highest BCUT2D eigenvalue weighted by atomic mass is 16.5. The lowest BCUT2D eigenvalue weighted by atomic mass is 10.0. The molecule has 0 aliphatic carbocycles. The molecule has 0 bridgehead atoms. The summed E-state index contributed by atoms with van der Waals surface area (Å²) in [6, 6.07) is 5.20. The Bertz CT molecular complexity index is 325. The van der Waals surface area contributed by atoms with Gasteiger partial charge in [0.1, 0.15) is 11.9 Å². The summed E-state index contributed by atoms with van der Waals surface area (Å²) in [5, 5.41) is 3.08. The molecule has 0 radical (unpaired) electrons. The molecule has 0 amide bonds. The van der Waals surface area contributed by atoms with Gasteiger partial charge in [-0.2, -0.15) is 0 Å². The first-order valence-electron chi connectivity index (χ1n) is 5.39. The van der Waals surface area contributed by atoms with Crippen molar-refractivity contribution in [3.63, 3.8) is 0 Å². The third-order valence-corrected chi connectivity index (χ3v) is 2.18. The summed E-state index contributed by atoms with van der Waals surface area (Å²) in [6.07, 6.45) is 2.41. The van der Waals surface area contributed by atoms with Crippen LogP contribution >= 0.6 is 0 Å². The van der Waals surface area contributed by atoms with Crippen LogP contribution in [0.4, 0.5) is 5.82 Å². The number of hydrogen-bond acceptors (Lipinski definition) is 4. The molecule has 1 N–H and O–H groups in total. The minimum Gasteiger partial charge on any atom is -0.467 e. The van der Waals surface area contributed by atoms with Gasteiger partial charge in [-0.05, 0) is 24.5 Å². The van der Waals surface area contributed by atoms with E-state index in [0.29, 0.717) is 11.7 Å². The normalized spacial score (nSPS) is 12.2. The van der Waals surface area contributed by atoms with Crippen molar-refractivity contribution in [2.75, 3.05) is 12.4 Å². The van der Waals surface area contributed by atoms with Crippen LogP contribution in [0, 0.1) is 5.92 Å². The zero-order valence-electron chi connectivity index (χ0n) is 9.93. The van der Waals surface area contributed by atoms with E-state index in [2.05, 4.69) is 24.1 Å². The van der Waals surface area contributed by atoms with E-state index in [1.54, 1.807) is 6.20 Å². The monoisotopic (exact) mass is 222 g/mol. The molecule has 4 nitrogen and oxygen atoms in total. The van der Waals surface area contributed by atoms with Crippen molar-refractivity contribution in [2.45, 2.75) is 26.3 Å². The Morgan fingerprint density at radius 3 is 2.75 bits per heavy atom. The summed E-state index contributed by atoms with van der Waals surface area (Å²) in [6.45, 7) is 4.13. The minimum absolute atomic E-state index is 0.251. The highest BCUT2D eigenvalue weighted by Crippen LogP contribution is 2.11. The number of hydrogen-bond donors (Lipinski definition) is 1. The molecule has 0 aromatic carbocycles. The number of carbonyl (C=O) groups is 1. The second-order valence-corrected chi connectivity index (χ2v) is 4.06. The lowest BCUT2D eigenvalue weighted by Gasteiger charge is -2.18. The maximum Gasteiger partial charge on any atom is 0.328 e. The van der Waals surface area contributed by atoms with Crippen molar-refractivity contribution in [1.82, 2.24) is 4.98 Å². The van der Waals surface area contributed by atoms with Gasteiger partial charge in [-0.25, -0.2) is 9.78 Å². The molecule has 0 saturated heterocycles. The zero-order chi connectivity index (χ0) is 12.0. The van der Waals surface area contributed by atoms with Gasteiger partial charge in [0.2, 0.25) is 0 Å². The molecular formula is C12H18N2O2. The zero-order valence-corrected chi connectivity index (χ0v) is 9.93. The van der Waals surface area contributed by atoms with Gasteiger partial charge < -0.3 is 10.1 Å². The molecule has 1 rings (SSSR count). The molecule has 1 aromatic rings. The van der Waals surface area contributed by atoms with Gasteiger partial charge >= 0.3 is 5.97 Å². The number of ether oxygens (including phenoxy) is 1. The smallest absolute Gasteiger partial charge is 0.328 e. The molecule has 1 unspecified atom stereocenters. The van der Waals surface area contributed by atoms with Gasteiger partial charge in [0.15, 0.2) is 0 Å². The first kappa shape index (κ1) is 12.5. The van der Waals surface area contributed by atoms with Crippen LogP contribution in [-0.2, 0) is 9.53 Å². The first-order valence-corrected chi connectivity index (χ1v) is 5.39. The predicted octanol–water partition coefficient (Wildman–Crippen LogP) is 2.08. The van der Waals surface area contributed by atoms with Crippen molar-refractivity contribution in [1.29, 1.82) is 0 Å². The molecule has 0 aliphatic rings. The van der Waals surface area contributed by atoms with E-state index in [-0.39, 0.29) is 12.0 Å². The maximum atomic E-state index is 11.5. The number of methoxy groups -OCH3 is 1. The van der Waals surface area contributed by atoms with Gasteiger partial charge in [-0.3, -0.25) is 0 Å². The number of pyridine rings is 1. The number of rotatable bonds is 5. The van der Waals surface area contributed by atoms with Crippen molar-refractivity contribution in [2.24, 2.45) is 5.92 Å². The largest absolute Gasteiger partial charge is 0.467 e. The molecule has 88 valence electrons. The van der Waals surface area contributed by atoms with Crippen LogP contribution in [0.15, 0.2) is 24.4 Å². The van der Waals surface area contributed by atoms with Gasteiger partial charge in [-0.15, -0.1) is 0 Å². The Labute approximate surface area is 96.0 Å². The molecule has 0 aliphatic heterocycles. The maximum absolute atomic E-state index is 11.5. The molecule has 16 heavy (non-hydrogen) atoms. The Morgan fingerprint density at radius 2 is 2.25 bits per heavy atom. The lowest BCUT2D eigenvalue weighted by Crippen LogP contribution is -2.32. The fraction of sp³-hybridized carbons (Fsp3) is 0.500. The predicted molar refractivity (Wildman–Crippen MR) is 63.1 cm³/mol. The van der Waals surface area contributed by atoms with Crippen molar-refractivity contribution >= 4 is 11.8 Å². The molecule has 0 fully saturated rings. The molecular weight excluding hydrogens is 204 g/mol. The van der Waals surface area contributed by atoms with Crippen LogP contribution in [0.3, 0.4) is 0 Å². The summed E-state index contributed by atoms with van der Waals surface area (Å²) in [4.78, 5) is 15.7. The number of esters is 1. The Kier molecular flexibility index (Phi) is 4.76. The van der Waals surface area contributed by atoms with Gasteiger partial charge in [0.05, 0.1) is 7.11 Å². The van der Waals surface area contributed by atoms with E-state index in [0.717, 1.165) is 6.42 Å². The number of carbonyl (C=O) groups excluding carboxylic acids is 1. The van der Waals surface area contributed by atoms with E-state index >= 15 is 0 Å². The van der Waals surface area contributed by atoms with E-state index in [1.807, 2.05) is 18.2 Å². The second-order valence-electron chi connectivity index (χ2n) is 4.06. The molecule has 1 aromatic heterocycles. The lowest BCUT2D eigenvalue weighted by molar-refractivity contribution is -0.141. The summed E-state index contributed by atoms with van der Waals surface area (Å²) in [5.41, 5.74) is 0. The van der Waals surface area contributed by atoms with Crippen LogP contribution in [0.5, 0.6) is 0 Å². The van der Waals surface area contributed by atoms with Crippen LogP contribution in [-0.4, -0.2) is 24.1 Å². The Morgan fingerprint density at radius 1 is 1.50 bits per heavy atom. The average Bonchev–Trinajstić information content (AvgIpc) is 2.28. The van der Waals surface area contributed by atoms with Crippen LogP contribution < -0.4 is 5.32 Å². The average molecular weight is 222 g/mol. The molecule has 1 heterocycles. The number of anilines is 1. The second kappa shape index (κ2) is 6.10. The van der Waals surface area contributed by atoms with E-state index in [4.69, 9.17) is 4.74 Å². The number of nitrogens with zero attached hydrogens (tertiary/aromatic N) is 1. The summed E-state index contributed by atoms with van der Waals surface area (Å²) < 4.78 is 4.76.